The number of aryl methyl sites for hydroxylation is 1. The third kappa shape index (κ3) is 6.25. The fraction of sp³-hybridized carbons (Fsp3) is 0.600. The number of nitrogens with one attached hydrogen (secondary N) is 1. The summed E-state index contributed by atoms with van der Waals surface area (Å²) in [5.41, 5.74) is 1.05. The summed E-state index contributed by atoms with van der Waals surface area (Å²) in [7, 11) is -3.38. The molecule has 0 fully saturated rings. The standard InChI is InChI=1S/C15H24ClNO2S/c1-13(2)5-3-4-12-17-20(18,19)15-8-6-14(7-9-15)10-11-16/h6-9,13,17H,3-5,10-12H2,1-2H3. The second-order valence-electron chi connectivity index (χ2n) is 5.37. The van der Waals surface area contributed by atoms with Gasteiger partial charge in [0.25, 0.3) is 0 Å². The molecule has 0 radical (unpaired) electrons. The van der Waals surface area contributed by atoms with Crippen LogP contribution in [0, 0.1) is 5.92 Å². The molecular weight excluding hydrogens is 294 g/mol. The Labute approximate surface area is 127 Å². The number of halogens is 1. The highest BCUT2D eigenvalue weighted by atomic mass is 35.5. The van der Waals surface area contributed by atoms with E-state index in [-0.39, 0.29) is 0 Å². The summed E-state index contributed by atoms with van der Waals surface area (Å²) >= 11 is 5.66. The zero-order valence-electron chi connectivity index (χ0n) is 12.2. The Morgan fingerprint density at radius 1 is 1.15 bits per heavy atom. The van der Waals surface area contributed by atoms with Gasteiger partial charge in [0.15, 0.2) is 0 Å². The molecule has 0 saturated heterocycles. The van der Waals surface area contributed by atoms with Crippen molar-refractivity contribution in [3.63, 3.8) is 0 Å². The Morgan fingerprint density at radius 3 is 2.35 bits per heavy atom. The van der Waals surface area contributed by atoms with Crippen molar-refractivity contribution < 1.29 is 8.42 Å². The molecule has 0 unspecified atom stereocenters. The fourth-order valence-electron chi connectivity index (χ4n) is 1.91. The minimum absolute atomic E-state index is 0.319. The van der Waals surface area contributed by atoms with Crippen molar-refractivity contribution in [2.75, 3.05) is 12.4 Å². The molecule has 1 rings (SSSR count). The summed E-state index contributed by atoms with van der Waals surface area (Å²) in [5, 5.41) is 0. The zero-order chi connectivity index (χ0) is 15.0. The molecule has 0 heterocycles. The number of rotatable bonds is 9. The molecule has 20 heavy (non-hydrogen) atoms. The maximum atomic E-state index is 12.1. The molecule has 0 aliphatic rings. The van der Waals surface area contributed by atoms with Crippen LogP contribution in [0.15, 0.2) is 29.2 Å². The highest BCUT2D eigenvalue weighted by Gasteiger charge is 2.12. The Balaban J connectivity index is 2.47. The van der Waals surface area contributed by atoms with E-state index in [1.54, 1.807) is 12.1 Å². The summed E-state index contributed by atoms with van der Waals surface area (Å²) in [5.74, 6) is 1.21. The van der Waals surface area contributed by atoms with Gasteiger partial charge >= 0.3 is 0 Å². The SMILES string of the molecule is CC(C)CCCCNS(=O)(=O)c1ccc(CCCl)cc1. The van der Waals surface area contributed by atoms with Crippen molar-refractivity contribution in [3.05, 3.63) is 29.8 Å². The first kappa shape index (κ1) is 17.5. The van der Waals surface area contributed by atoms with E-state index < -0.39 is 10.0 Å². The molecule has 0 spiro atoms. The normalized spacial score (nSPS) is 12.0. The summed E-state index contributed by atoms with van der Waals surface area (Å²) < 4.78 is 26.8. The van der Waals surface area contributed by atoms with E-state index in [9.17, 15) is 8.42 Å². The molecule has 114 valence electrons. The molecule has 0 aliphatic heterocycles. The largest absolute Gasteiger partial charge is 0.240 e. The fourth-order valence-corrected chi connectivity index (χ4v) is 3.20. The lowest BCUT2D eigenvalue weighted by Crippen LogP contribution is -2.24. The van der Waals surface area contributed by atoms with Gasteiger partial charge in [0.05, 0.1) is 4.90 Å². The van der Waals surface area contributed by atoms with Crippen LogP contribution in [0.2, 0.25) is 0 Å². The van der Waals surface area contributed by atoms with Crippen LogP contribution in [-0.2, 0) is 16.4 Å². The monoisotopic (exact) mass is 317 g/mol. The minimum Gasteiger partial charge on any atom is -0.211 e. The summed E-state index contributed by atoms with van der Waals surface area (Å²) in [6.07, 6.45) is 3.82. The maximum Gasteiger partial charge on any atom is 0.240 e. The molecule has 0 saturated carbocycles. The van der Waals surface area contributed by atoms with Crippen LogP contribution in [0.3, 0.4) is 0 Å². The van der Waals surface area contributed by atoms with Crippen LogP contribution in [0.25, 0.3) is 0 Å². The Bertz CT molecular complexity index is 483. The average Bonchev–Trinajstić information content (AvgIpc) is 2.39. The third-order valence-corrected chi connectivity index (χ3v) is 4.78. The van der Waals surface area contributed by atoms with Crippen LogP contribution in [-0.4, -0.2) is 20.8 Å². The first-order chi connectivity index (χ1) is 9.45. The molecule has 0 bridgehead atoms. The maximum absolute atomic E-state index is 12.1. The van der Waals surface area contributed by atoms with Crippen LogP contribution in [0.1, 0.15) is 38.7 Å². The van der Waals surface area contributed by atoms with Gasteiger partial charge in [-0.15, -0.1) is 11.6 Å². The Hall–Kier alpha value is -0.580. The zero-order valence-corrected chi connectivity index (χ0v) is 13.8. The van der Waals surface area contributed by atoms with Crippen LogP contribution in [0.4, 0.5) is 0 Å². The van der Waals surface area contributed by atoms with Gasteiger partial charge in [-0.1, -0.05) is 38.8 Å². The van der Waals surface area contributed by atoms with Gasteiger partial charge in [-0.2, -0.15) is 0 Å². The van der Waals surface area contributed by atoms with E-state index in [2.05, 4.69) is 18.6 Å². The highest BCUT2D eigenvalue weighted by Crippen LogP contribution is 2.12. The molecular formula is C15H24ClNO2S. The molecule has 1 aromatic carbocycles. The smallest absolute Gasteiger partial charge is 0.211 e. The first-order valence-corrected chi connectivity index (χ1v) is 9.12. The van der Waals surface area contributed by atoms with Crippen LogP contribution >= 0.6 is 11.6 Å². The van der Waals surface area contributed by atoms with Gasteiger partial charge in [-0.25, -0.2) is 13.1 Å². The van der Waals surface area contributed by atoms with Gasteiger partial charge < -0.3 is 0 Å². The number of unbranched alkanes of at least 4 members (excludes halogenated alkanes) is 1. The summed E-state index contributed by atoms with van der Waals surface area (Å²) in [4.78, 5) is 0.319. The second kappa shape index (κ2) is 8.65. The number of alkyl halides is 1. The average molecular weight is 318 g/mol. The highest BCUT2D eigenvalue weighted by molar-refractivity contribution is 7.89. The minimum atomic E-state index is -3.38. The first-order valence-electron chi connectivity index (χ1n) is 7.10. The molecule has 0 aromatic heterocycles. The van der Waals surface area contributed by atoms with Crippen LogP contribution < -0.4 is 4.72 Å². The molecule has 0 atom stereocenters. The Morgan fingerprint density at radius 2 is 1.80 bits per heavy atom. The van der Waals surface area contributed by atoms with Crippen molar-refractivity contribution in [2.24, 2.45) is 5.92 Å². The number of hydrogen-bond acceptors (Lipinski definition) is 2. The van der Waals surface area contributed by atoms with E-state index >= 15 is 0 Å². The Kier molecular flexibility index (Phi) is 7.56. The molecule has 1 N–H and O–H groups in total. The third-order valence-electron chi connectivity index (χ3n) is 3.12. The van der Waals surface area contributed by atoms with Gasteiger partial charge in [0.1, 0.15) is 0 Å². The topological polar surface area (TPSA) is 46.2 Å². The molecule has 0 amide bonds. The lowest BCUT2D eigenvalue weighted by Gasteiger charge is -2.08. The molecule has 5 heteroatoms. The number of hydrogen-bond donors (Lipinski definition) is 1. The summed E-state index contributed by atoms with van der Waals surface area (Å²) in [6.45, 7) is 4.84. The van der Waals surface area contributed by atoms with Gasteiger partial charge in [0.2, 0.25) is 10.0 Å². The molecule has 0 aliphatic carbocycles. The summed E-state index contributed by atoms with van der Waals surface area (Å²) in [6, 6.07) is 6.90. The number of sulfonamides is 1. The van der Waals surface area contributed by atoms with Gasteiger partial charge in [-0.05, 0) is 36.5 Å². The van der Waals surface area contributed by atoms with E-state index in [0.29, 0.717) is 23.2 Å². The van der Waals surface area contributed by atoms with E-state index in [4.69, 9.17) is 11.6 Å². The van der Waals surface area contributed by atoms with Crippen molar-refractivity contribution >= 4 is 21.6 Å². The van der Waals surface area contributed by atoms with Crippen molar-refractivity contribution in [1.82, 2.24) is 4.72 Å². The van der Waals surface area contributed by atoms with Crippen molar-refractivity contribution in [2.45, 2.75) is 44.4 Å². The lowest BCUT2D eigenvalue weighted by atomic mass is 10.1. The predicted octanol–water partition coefficient (Wildman–Crippen LogP) is 3.57. The quantitative estimate of drug-likeness (QED) is 0.559. The van der Waals surface area contributed by atoms with E-state index in [1.165, 1.54) is 0 Å². The van der Waals surface area contributed by atoms with Crippen molar-refractivity contribution in [1.29, 1.82) is 0 Å². The van der Waals surface area contributed by atoms with Crippen molar-refractivity contribution in [3.8, 4) is 0 Å². The predicted molar refractivity (Wildman–Crippen MR) is 84.7 cm³/mol. The van der Waals surface area contributed by atoms with Gasteiger partial charge in [-0.3, -0.25) is 0 Å². The van der Waals surface area contributed by atoms with Crippen LogP contribution in [0.5, 0.6) is 0 Å². The second-order valence-corrected chi connectivity index (χ2v) is 7.52. The molecule has 1 aromatic rings. The van der Waals surface area contributed by atoms with E-state index in [1.807, 2.05) is 12.1 Å². The van der Waals surface area contributed by atoms with Gasteiger partial charge in [0, 0.05) is 12.4 Å². The van der Waals surface area contributed by atoms with E-state index in [0.717, 1.165) is 31.2 Å². The molecule has 3 nitrogen and oxygen atoms in total. The lowest BCUT2D eigenvalue weighted by molar-refractivity contribution is 0.530. The number of benzene rings is 1.